The van der Waals surface area contributed by atoms with E-state index in [1.54, 1.807) is 26.0 Å². The first-order chi connectivity index (χ1) is 17.5. The minimum absolute atomic E-state index is 0.339. The summed E-state index contributed by atoms with van der Waals surface area (Å²) < 4.78 is 11.0. The van der Waals surface area contributed by atoms with E-state index in [1.165, 1.54) is 0 Å². The second-order valence-electron chi connectivity index (χ2n) is 8.60. The molecule has 0 heterocycles. The summed E-state index contributed by atoms with van der Waals surface area (Å²) in [6, 6.07) is 11.6. The number of carbonyl (C=O) groups is 2. The number of hydrogen-bond donors (Lipinski definition) is 0. The third-order valence-electron chi connectivity index (χ3n) is 5.40. The predicted octanol–water partition coefficient (Wildman–Crippen LogP) is 8.48. The van der Waals surface area contributed by atoms with E-state index >= 15 is 0 Å². The quantitative estimate of drug-likeness (QED) is 0.141. The van der Waals surface area contributed by atoms with E-state index in [0.717, 1.165) is 22.3 Å². The molecule has 4 heteroatoms. The first kappa shape index (κ1) is 33.3. The molecule has 2 aromatic carbocycles. The Kier molecular flexibility index (Phi) is 14.6. The van der Waals surface area contributed by atoms with E-state index < -0.39 is 11.9 Å². The topological polar surface area (TPSA) is 52.6 Å². The molecule has 0 aliphatic rings. The molecule has 0 N–H and O–H groups in total. The van der Waals surface area contributed by atoms with Crippen LogP contribution in [0.3, 0.4) is 0 Å². The van der Waals surface area contributed by atoms with Gasteiger partial charge in [0.1, 0.15) is 11.5 Å². The van der Waals surface area contributed by atoms with Crippen LogP contribution in [0.15, 0.2) is 86.0 Å². The van der Waals surface area contributed by atoms with Gasteiger partial charge >= 0.3 is 11.9 Å². The number of hydrogen-bond acceptors (Lipinski definition) is 4. The molecule has 0 spiro atoms. The molecule has 2 rings (SSSR count). The molecule has 0 aromatic heterocycles. The highest BCUT2D eigenvalue weighted by atomic mass is 16.5. The summed E-state index contributed by atoms with van der Waals surface area (Å²) in [4.78, 5) is 24.0. The first-order valence-electron chi connectivity index (χ1n) is 12.7. The lowest BCUT2D eigenvalue weighted by Gasteiger charge is -2.28. The normalized spacial score (nSPS) is 9.95. The number of esters is 2. The average molecular weight is 505 g/mol. The van der Waals surface area contributed by atoms with Crippen molar-refractivity contribution in [3.05, 3.63) is 108 Å². The highest BCUT2D eigenvalue weighted by molar-refractivity contribution is 5.89. The fraction of sp³-hybridized carbons (Fsp3) is 0.333. The molecule has 0 unspecified atom stereocenters. The van der Waals surface area contributed by atoms with Crippen LogP contribution in [0.25, 0.3) is 0 Å². The van der Waals surface area contributed by atoms with Crippen molar-refractivity contribution in [3.8, 4) is 11.5 Å². The maximum Gasteiger partial charge on any atom is 0.338 e. The lowest BCUT2D eigenvalue weighted by molar-refractivity contribution is -0.131. The predicted molar refractivity (Wildman–Crippen MR) is 156 cm³/mol. The van der Waals surface area contributed by atoms with Gasteiger partial charge in [-0.1, -0.05) is 91.1 Å². The molecule has 37 heavy (non-hydrogen) atoms. The van der Waals surface area contributed by atoms with Crippen molar-refractivity contribution in [2.24, 2.45) is 0 Å². The van der Waals surface area contributed by atoms with Crippen molar-refractivity contribution in [3.63, 3.8) is 0 Å². The van der Waals surface area contributed by atoms with Gasteiger partial charge < -0.3 is 9.47 Å². The monoisotopic (exact) mass is 504 g/mol. The zero-order chi connectivity index (χ0) is 28.8. The second kappa shape index (κ2) is 16.2. The van der Waals surface area contributed by atoms with Crippen molar-refractivity contribution in [1.82, 2.24) is 0 Å². The molecule has 0 aliphatic carbocycles. The van der Waals surface area contributed by atoms with Crippen LogP contribution in [-0.4, -0.2) is 11.9 Å². The Morgan fingerprint density at radius 2 is 1.05 bits per heavy atom. The summed E-state index contributed by atoms with van der Waals surface area (Å²) >= 11 is 0. The zero-order valence-electron chi connectivity index (χ0n) is 24.0. The van der Waals surface area contributed by atoms with Crippen LogP contribution in [0.1, 0.15) is 77.6 Å². The van der Waals surface area contributed by atoms with Gasteiger partial charge in [-0.25, -0.2) is 9.59 Å². The fourth-order valence-corrected chi connectivity index (χ4v) is 3.31. The van der Waals surface area contributed by atoms with E-state index in [0.29, 0.717) is 35.5 Å². The van der Waals surface area contributed by atoms with Gasteiger partial charge in [0.2, 0.25) is 0 Å². The average Bonchev–Trinajstić information content (AvgIpc) is 2.88. The van der Waals surface area contributed by atoms with E-state index in [1.807, 2.05) is 64.1 Å². The van der Waals surface area contributed by atoms with Gasteiger partial charge in [0, 0.05) is 16.6 Å². The molecule has 0 bridgehead atoms. The van der Waals surface area contributed by atoms with Gasteiger partial charge in [0.25, 0.3) is 0 Å². The highest BCUT2D eigenvalue weighted by Crippen LogP contribution is 2.37. The van der Waals surface area contributed by atoms with E-state index in [-0.39, 0.29) is 5.41 Å². The van der Waals surface area contributed by atoms with Crippen molar-refractivity contribution in [2.75, 3.05) is 0 Å². The molecule has 0 saturated heterocycles. The molecular weight excluding hydrogens is 460 g/mol. The number of carbonyl (C=O) groups excluding carboxylic acids is 2. The van der Waals surface area contributed by atoms with Crippen LogP contribution in [0.5, 0.6) is 11.5 Å². The summed E-state index contributed by atoms with van der Waals surface area (Å²) in [5, 5.41) is 0. The molecule has 4 nitrogen and oxygen atoms in total. The largest absolute Gasteiger partial charge is 0.423 e. The Balaban J connectivity index is 0.00000308. The maximum atomic E-state index is 12.0. The van der Waals surface area contributed by atoms with Crippen molar-refractivity contribution < 1.29 is 19.1 Å². The van der Waals surface area contributed by atoms with Crippen LogP contribution in [-0.2, 0) is 27.8 Å². The summed E-state index contributed by atoms with van der Waals surface area (Å²) in [6.45, 7) is 30.4. The number of benzene rings is 2. The minimum Gasteiger partial charge on any atom is -0.423 e. The van der Waals surface area contributed by atoms with E-state index in [9.17, 15) is 9.59 Å². The SMILES string of the molecule is C=CCc1cc(C(C)(C)c2ccc(OC(=O)C(=C)C)c(CC=C)c2)ccc1OC(=O)C(=C)C.CC.CC. The number of ether oxygens (including phenoxy) is 2. The Labute approximate surface area is 224 Å². The van der Waals surface area contributed by atoms with E-state index in [4.69, 9.17) is 9.47 Å². The van der Waals surface area contributed by atoms with Gasteiger partial charge in [-0.3, -0.25) is 0 Å². The Morgan fingerprint density at radius 1 is 0.730 bits per heavy atom. The van der Waals surface area contributed by atoms with E-state index in [2.05, 4.69) is 40.2 Å². The van der Waals surface area contributed by atoms with Crippen molar-refractivity contribution in [2.45, 2.75) is 73.6 Å². The van der Waals surface area contributed by atoms with Gasteiger partial charge in [0.05, 0.1) is 0 Å². The number of allylic oxidation sites excluding steroid dienone is 2. The second-order valence-corrected chi connectivity index (χ2v) is 8.60. The maximum absolute atomic E-state index is 12.0. The number of rotatable bonds is 10. The molecule has 2 aromatic rings. The van der Waals surface area contributed by atoms with Crippen LogP contribution in [0.4, 0.5) is 0 Å². The summed E-state index contributed by atoms with van der Waals surface area (Å²) in [5.41, 5.74) is 4.13. The Morgan fingerprint density at radius 3 is 1.32 bits per heavy atom. The summed E-state index contributed by atoms with van der Waals surface area (Å²) in [5.74, 6) is 0.0799. The fourth-order valence-electron chi connectivity index (χ4n) is 3.31. The summed E-state index contributed by atoms with van der Waals surface area (Å²) in [7, 11) is 0. The Bertz CT molecular complexity index is 1030. The lowest BCUT2D eigenvalue weighted by atomic mass is 9.76. The smallest absolute Gasteiger partial charge is 0.338 e. The molecule has 0 aliphatic heterocycles. The van der Waals surface area contributed by atoms with Crippen LogP contribution in [0, 0.1) is 0 Å². The van der Waals surface area contributed by atoms with Gasteiger partial charge in [-0.15, -0.1) is 13.2 Å². The Hall–Kier alpha value is -3.66. The van der Waals surface area contributed by atoms with Gasteiger partial charge in [-0.2, -0.15) is 0 Å². The molecule has 0 saturated carbocycles. The highest BCUT2D eigenvalue weighted by Gasteiger charge is 2.26. The standard InChI is InChI=1S/C29H32O4.2C2H6/c1-9-11-21-17-23(13-15-25(21)32-27(30)19(3)4)29(7,8)24-14-16-26(22(18-24)12-10-2)33-28(31)20(5)6;2*1-2/h9-10,13-18H,1-3,5,11-12H2,4,6-8H3;2*1-2H3. The molecule has 0 fully saturated rings. The van der Waals surface area contributed by atoms with Crippen LogP contribution in [0.2, 0.25) is 0 Å². The zero-order valence-corrected chi connectivity index (χ0v) is 24.0. The molecule has 0 atom stereocenters. The molecule has 0 radical (unpaired) electrons. The van der Waals surface area contributed by atoms with Crippen LogP contribution < -0.4 is 9.47 Å². The summed E-state index contributed by atoms with van der Waals surface area (Å²) in [6.07, 6.45) is 4.66. The third-order valence-corrected chi connectivity index (χ3v) is 5.40. The molecule has 200 valence electrons. The van der Waals surface area contributed by atoms with Gasteiger partial charge in [0.15, 0.2) is 0 Å². The molecular formula is C33H44O4. The third kappa shape index (κ3) is 9.38. The van der Waals surface area contributed by atoms with Crippen molar-refractivity contribution in [1.29, 1.82) is 0 Å². The van der Waals surface area contributed by atoms with Crippen LogP contribution >= 0.6 is 0 Å². The van der Waals surface area contributed by atoms with Gasteiger partial charge in [-0.05, 0) is 61.1 Å². The first-order valence-corrected chi connectivity index (χ1v) is 12.7. The molecule has 0 amide bonds. The minimum atomic E-state index is -0.457. The van der Waals surface area contributed by atoms with Crippen molar-refractivity contribution >= 4 is 11.9 Å². The lowest BCUT2D eigenvalue weighted by Crippen LogP contribution is -2.20.